The lowest BCUT2D eigenvalue weighted by atomic mass is 10.0. The first-order valence-corrected chi connectivity index (χ1v) is 7.81. The van der Waals surface area contributed by atoms with Gasteiger partial charge in [0, 0.05) is 12.5 Å². The van der Waals surface area contributed by atoms with Crippen LogP contribution in [0.15, 0.2) is 17.5 Å². The summed E-state index contributed by atoms with van der Waals surface area (Å²) in [4.78, 5) is 17.4. The first-order valence-electron chi connectivity index (χ1n) is 6.93. The van der Waals surface area contributed by atoms with Gasteiger partial charge in [-0.1, -0.05) is 6.07 Å². The summed E-state index contributed by atoms with van der Waals surface area (Å²) in [6.07, 6.45) is 0.955. The maximum atomic E-state index is 12.2. The lowest BCUT2D eigenvalue weighted by Gasteiger charge is -2.22. The van der Waals surface area contributed by atoms with Crippen LogP contribution in [-0.2, 0) is 10.3 Å². The van der Waals surface area contributed by atoms with Crippen LogP contribution in [0.1, 0.15) is 47.5 Å². The average molecular weight is 306 g/mol. The van der Waals surface area contributed by atoms with Gasteiger partial charge in [0.15, 0.2) is 5.82 Å². The molecule has 1 saturated heterocycles. The van der Waals surface area contributed by atoms with Crippen molar-refractivity contribution in [1.29, 1.82) is 0 Å². The van der Waals surface area contributed by atoms with Crippen LogP contribution in [0.5, 0.6) is 0 Å². The number of aromatic nitrogens is 3. The summed E-state index contributed by atoms with van der Waals surface area (Å²) in [5.74, 6) is 1.59. The number of H-pyrrole nitrogens is 1. The Hall–Kier alpha value is -1.73. The van der Waals surface area contributed by atoms with Crippen LogP contribution >= 0.6 is 11.3 Å². The van der Waals surface area contributed by atoms with Gasteiger partial charge in [0.05, 0.1) is 17.0 Å². The van der Waals surface area contributed by atoms with Crippen LogP contribution in [0.4, 0.5) is 0 Å². The van der Waals surface area contributed by atoms with Crippen molar-refractivity contribution >= 4 is 17.2 Å². The van der Waals surface area contributed by atoms with Crippen LogP contribution in [0.3, 0.4) is 0 Å². The van der Waals surface area contributed by atoms with Crippen molar-refractivity contribution in [2.24, 2.45) is 0 Å². The molecule has 1 aliphatic rings. The smallest absolute Gasteiger partial charge is 0.262 e. The molecule has 112 valence electrons. The fourth-order valence-corrected chi connectivity index (χ4v) is 2.91. The number of carbonyl (C=O) groups excluding carboxylic acids is 1. The van der Waals surface area contributed by atoms with Gasteiger partial charge in [-0.3, -0.25) is 9.89 Å². The molecule has 1 unspecified atom stereocenters. The average Bonchev–Trinajstić information content (AvgIpc) is 3.19. The van der Waals surface area contributed by atoms with E-state index in [4.69, 9.17) is 4.74 Å². The maximum absolute atomic E-state index is 12.2. The molecule has 3 heterocycles. The van der Waals surface area contributed by atoms with E-state index in [2.05, 4.69) is 20.5 Å². The molecule has 1 fully saturated rings. The highest BCUT2D eigenvalue weighted by Gasteiger charge is 2.30. The highest BCUT2D eigenvalue weighted by atomic mass is 32.1. The third-order valence-electron chi connectivity index (χ3n) is 3.55. The fraction of sp³-hybridized carbons (Fsp3) is 0.500. The molecule has 0 bridgehead atoms. The summed E-state index contributed by atoms with van der Waals surface area (Å²) in [5.41, 5.74) is -0.630. The van der Waals surface area contributed by atoms with Crippen LogP contribution < -0.4 is 5.32 Å². The van der Waals surface area contributed by atoms with E-state index in [1.165, 1.54) is 11.3 Å². The highest BCUT2D eigenvalue weighted by molar-refractivity contribution is 7.12. The topological polar surface area (TPSA) is 79.9 Å². The third kappa shape index (κ3) is 2.98. The second-order valence-corrected chi connectivity index (χ2v) is 6.61. The summed E-state index contributed by atoms with van der Waals surface area (Å²) in [6.45, 7) is 5.24. The van der Waals surface area contributed by atoms with Crippen LogP contribution in [0.2, 0.25) is 0 Å². The molecule has 0 radical (unpaired) electrons. The molecule has 6 nitrogen and oxygen atoms in total. The van der Waals surface area contributed by atoms with Gasteiger partial charge in [-0.15, -0.1) is 11.3 Å². The second kappa shape index (κ2) is 5.57. The Morgan fingerprint density at radius 3 is 3.10 bits per heavy atom. The number of nitrogens with zero attached hydrogens (tertiary/aromatic N) is 2. The molecule has 0 aliphatic carbocycles. The Morgan fingerprint density at radius 1 is 1.57 bits per heavy atom. The number of ether oxygens (including phenoxy) is 1. The molecule has 2 aromatic rings. The first kappa shape index (κ1) is 14.2. The molecule has 1 aliphatic heterocycles. The minimum absolute atomic E-state index is 0.106. The lowest BCUT2D eigenvalue weighted by molar-refractivity contribution is 0.0912. The molecular formula is C14H18N4O2S. The van der Waals surface area contributed by atoms with E-state index in [0.717, 1.165) is 18.9 Å². The van der Waals surface area contributed by atoms with Crippen molar-refractivity contribution < 1.29 is 9.53 Å². The van der Waals surface area contributed by atoms with E-state index < -0.39 is 5.54 Å². The molecule has 7 heteroatoms. The van der Waals surface area contributed by atoms with Gasteiger partial charge >= 0.3 is 0 Å². The molecule has 3 rings (SSSR count). The number of nitrogens with one attached hydrogen (secondary N) is 2. The molecule has 1 atom stereocenters. The molecule has 0 spiro atoms. The minimum Gasteiger partial charge on any atom is -0.381 e. The van der Waals surface area contributed by atoms with Crippen molar-refractivity contribution in [2.75, 3.05) is 13.2 Å². The van der Waals surface area contributed by atoms with Crippen LogP contribution in [0, 0.1) is 0 Å². The Bertz CT molecular complexity index is 615. The Kier molecular flexibility index (Phi) is 3.77. The molecular weight excluding hydrogens is 288 g/mol. The Labute approximate surface area is 126 Å². The van der Waals surface area contributed by atoms with Gasteiger partial charge in [-0.2, -0.15) is 5.10 Å². The predicted octanol–water partition coefficient (Wildman–Crippen LogP) is 2.04. The van der Waals surface area contributed by atoms with Gasteiger partial charge in [-0.05, 0) is 31.7 Å². The van der Waals surface area contributed by atoms with E-state index in [9.17, 15) is 4.79 Å². The standard InChI is InChI=1S/C14H18N4O2S/c1-14(2,16-12(19)10-4-3-7-21-10)13-15-11(17-18-13)9-5-6-20-8-9/h3-4,7,9H,5-6,8H2,1-2H3,(H,16,19)(H,15,17,18). The second-order valence-electron chi connectivity index (χ2n) is 5.66. The molecule has 0 aromatic carbocycles. The van der Waals surface area contributed by atoms with Crippen molar-refractivity contribution in [2.45, 2.75) is 31.7 Å². The fourth-order valence-electron chi connectivity index (χ4n) is 2.30. The van der Waals surface area contributed by atoms with Gasteiger partial charge in [-0.25, -0.2) is 4.98 Å². The largest absolute Gasteiger partial charge is 0.381 e. The zero-order valence-corrected chi connectivity index (χ0v) is 12.9. The highest BCUT2D eigenvalue weighted by Crippen LogP contribution is 2.24. The third-order valence-corrected chi connectivity index (χ3v) is 4.42. The van der Waals surface area contributed by atoms with E-state index in [0.29, 0.717) is 17.3 Å². The molecule has 2 N–H and O–H groups in total. The summed E-state index contributed by atoms with van der Waals surface area (Å²) in [5, 5.41) is 12.1. The number of hydrogen-bond acceptors (Lipinski definition) is 5. The monoisotopic (exact) mass is 306 g/mol. The van der Waals surface area contributed by atoms with Crippen molar-refractivity contribution in [3.8, 4) is 0 Å². The summed E-state index contributed by atoms with van der Waals surface area (Å²) >= 11 is 1.42. The molecule has 2 aromatic heterocycles. The van der Waals surface area contributed by atoms with E-state index >= 15 is 0 Å². The van der Waals surface area contributed by atoms with Gasteiger partial charge in [0.1, 0.15) is 5.82 Å². The molecule has 1 amide bonds. The predicted molar refractivity (Wildman–Crippen MR) is 79.4 cm³/mol. The Balaban J connectivity index is 1.73. The number of aromatic amines is 1. The number of hydrogen-bond donors (Lipinski definition) is 2. The first-order chi connectivity index (χ1) is 10.1. The lowest BCUT2D eigenvalue weighted by Crippen LogP contribution is -2.41. The number of rotatable bonds is 4. The van der Waals surface area contributed by atoms with Crippen molar-refractivity contribution in [1.82, 2.24) is 20.5 Å². The number of thiophene rings is 1. The van der Waals surface area contributed by atoms with Gasteiger partial charge in [0.2, 0.25) is 0 Å². The van der Waals surface area contributed by atoms with Crippen molar-refractivity contribution in [3.63, 3.8) is 0 Å². The maximum Gasteiger partial charge on any atom is 0.262 e. The van der Waals surface area contributed by atoms with E-state index in [1.807, 2.05) is 25.3 Å². The zero-order valence-electron chi connectivity index (χ0n) is 12.0. The SMILES string of the molecule is CC(C)(NC(=O)c1cccs1)c1n[nH]c(C2CCOC2)n1. The minimum atomic E-state index is -0.630. The van der Waals surface area contributed by atoms with Gasteiger partial charge < -0.3 is 10.1 Å². The normalized spacial score (nSPS) is 18.9. The number of amides is 1. The molecule has 0 saturated carbocycles. The quantitative estimate of drug-likeness (QED) is 0.906. The summed E-state index contributed by atoms with van der Waals surface area (Å²) in [6, 6.07) is 3.66. The number of carbonyl (C=O) groups is 1. The zero-order chi connectivity index (χ0) is 14.9. The van der Waals surface area contributed by atoms with Gasteiger partial charge in [0.25, 0.3) is 5.91 Å². The van der Waals surface area contributed by atoms with E-state index in [-0.39, 0.29) is 11.8 Å². The molecule has 21 heavy (non-hydrogen) atoms. The Morgan fingerprint density at radius 2 is 2.43 bits per heavy atom. The summed E-state index contributed by atoms with van der Waals surface area (Å²) in [7, 11) is 0. The summed E-state index contributed by atoms with van der Waals surface area (Å²) < 4.78 is 5.36. The van der Waals surface area contributed by atoms with Crippen LogP contribution in [-0.4, -0.2) is 34.3 Å². The van der Waals surface area contributed by atoms with Crippen LogP contribution in [0.25, 0.3) is 0 Å². The van der Waals surface area contributed by atoms with E-state index in [1.54, 1.807) is 6.07 Å². The van der Waals surface area contributed by atoms with Crippen molar-refractivity contribution in [3.05, 3.63) is 34.0 Å².